The summed E-state index contributed by atoms with van der Waals surface area (Å²) in [5, 5.41) is 3.01. The smallest absolute Gasteiger partial charge is 0.225 e. The van der Waals surface area contributed by atoms with E-state index in [0.717, 1.165) is 45.3 Å². The molecule has 0 radical (unpaired) electrons. The number of hydrogen-bond donors (Lipinski definition) is 1. The first kappa shape index (κ1) is 15.8. The quantitative estimate of drug-likeness (QED) is 0.743. The van der Waals surface area contributed by atoms with E-state index in [9.17, 15) is 4.79 Å². The molecule has 2 fully saturated rings. The Labute approximate surface area is 122 Å². The summed E-state index contributed by atoms with van der Waals surface area (Å²) in [7, 11) is 0. The van der Waals surface area contributed by atoms with Crippen LogP contribution < -0.4 is 5.32 Å². The highest BCUT2D eigenvalue weighted by Gasteiger charge is 2.31. The average Bonchev–Trinajstić information content (AvgIpc) is 2.48. The van der Waals surface area contributed by atoms with E-state index in [1.165, 1.54) is 25.7 Å². The lowest BCUT2D eigenvalue weighted by Gasteiger charge is -2.30. The number of amides is 1. The number of ether oxygens (including phenoxy) is 2. The van der Waals surface area contributed by atoms with Gasteiger partial charge in [-0.2, -0.15) is 0 Å². The molecule has 1 heterocycles. The van der Waals surface area contributed by atoms with Gasteiger partial charge in [0, 0.05) is 19.8 Å². The molecular weight excluding hydrogens is 254 g/mol. The van der Waals surface area contributed by atoms with Crippen LogP contribution in [0.5, 0.6) is 0 Å². The molecule has 1 unspecified atom stereocenters. The van der Waals surface area contributed by atoms with Crippen LogP contribution in [0.2, 0.25) is 0 Å². The van der Waals surface area contributed by atoms with Crippen LogP contribution in [0.3, 0.4) is 0 Å². The highest BCUT2D eigenvalue weighted by molar-refractivity contribution is 5.79. The van der Waals surface area contributed by atoms with Gasteiger partial charge in [-0.15, -0.1) is 0 Å². The monoisotopic (exact) mass is 283 g/mol. The molecule has 4 nitrogen and oxygen atoms in total. The standard InChI is InChI=1S/C16H29NO3/c18-16-14-8-4-5-9-15(14)20-12-7-3-1-2-6-11-19-13-10-17-16/h14-15H,1-13H2,(H,17,18)/t14?,15-/m0/s1. The fourth-order valence-corrected chi connectivity index (χ4v) is 3.15. The Bertz CT molecular complexity index is 283. The molecule has 0 bridgehead atoms. The second-order valence-corrected chi connectivity index (χ2v) is 5.97. The third-order valence-corrected chi connectivity index (χ3v) is 4.35. The summed E-state index contributed by atoms with van der Waals surface area (Å²) < 4.78 is 11.5. The van der Waals surface area contributed by atoms with E-state index in [2.05, 4.69) is 5.32 Å². The Balaban J connectivity index is 1.84. The maximum atomic E-state index is 12.2. The van der Waals surface area contributed by atoms with Crippen LogP contribution in [0, 0.1) is 5.92 Å². The van der Waals surface area contributed by atoms with Crippen LogP contribution in [-0.4, -0.2) is 38.4 Å². The molecule has 1 aliphatic carbocycles. The van der Waals surface area contributed by atoms with Gasteiger partial charge in [-0.05, 0) is 25.7 Å². The Hall–Kier alpha value is -0.610. The molecule has 1 saturated carbocycles. The van der Waals surface area contributed by atoms with E-state index in [-0.39, 0.29) is 17.9 Å². The average molecular weight is 283 g/mol. The second-order valence-electron chi connectivity index (χ2n) is 5.97. The molecule has 2 rings (SSSR count). The van der Waals surface area contributed by atoms with Gasteiger partial charge in [0.05, 0.1) is 18.6 Å². The minimum atomic E-state index is 0.0499. The minimum Gasteiger partial charge on any atom is -0.380 e. The first-order valence-electron chi connectivity index (χ1n) is 8.35. The van der Waals surface area contributed by atoms with Crippen molar-refractivity contribution in [3.05, 3.63) is 0 Å². The molecule has 2 aliphatic rings. The fraction of sp³-hybridized carbons (Fsp3) is 0.938. The predicted molar refractivity (Wildman–Crippen MR) is 78.6 cm³/mol. The lowest BCUT2D eigenvalue weighted by atomic mass is 9.85. The van der Waals surface area contributed by atoms with Crippen LogP contribution in [0.1, 0.15) is 57.8 Å². The number of rotatable bonds is 0. The van der Waals surface area contributed by atoms with Crippen molar-refractivity contribution in [1.82, 2.24) is 5.32 Å². The van der Waals surface area contributed by atoms with Crippen molar-refractivity contribution in [3.8, 4) is 0 Å². The Morgan fingerprint density at radius 1 is 0.850 bits per heavy atom. The van der Waals surface area contributed by atoms with Gasteiger partial charge in [0.1, 0.15) is 0 Å². The van der Waals surface area contributed by atoms with Crippen LogP contribution in [0.25, 0.3) is 0 Å². The van der Waals surface area contributed by atoms with Crippen molar-refractivity contribution in [2.24, 2.45) is 5.92 Å². The number of carbonyl (C=O) groups is 1. The zero-order valence-electron chi connectivity index (χ0n) is 12.6. The number of fused-ring (bicyclic) bond motifs is 1. The van der Waals surface area contributed by atoms with Crippen molar-refractivity contribution in [3.63, 3.8) is 0 Å². The Kier molecular flexibility index (Phi) is 7.37. The van der Waals surface area contributed by atoms with Crippen molar-refractivity contribution < 1.29 is 14.3 Å². The van der Waals surface area contributed by atoms with Crippen LogP contribution in [0.15, 0.2) is 0 Å². The SMILES string of the molecule is O=C1NCCOCCCCCCCO[C@H]2CCCCC12. The van der Waals surface area contributed by atoms with Gasteiger partial charge in [-0.25, -0.2) is 0 Å². The predicted octanol–water partition coefficient (Wildman–Crippen LogP) is 2.66. The van der Waals surface area contributed by atoms with Crippen molar-refractivity contribution in [2.45, 2.75) is 63.9 Å². The molecule has 0 aromatic heterocycles. The molecule has 116 valence electrons. The Morgan fingerprint density at radius 3 is 2.50 bits per heavy atom. The zero-order chi connectivity index (χ0) is 14.0. The molecule has 1 saturated heterocycles. The largest absolute Gasteiger partial charge is 0.380 e. The summed E-state index contributed by atoms with van der Waals surface area (Å²) in [6, 6.07) is 0. The maximum Gasteiger partial charge on any atom is 0.225 e. The zero-order valence-corrected chi connectivity index (χ0v) is 12.6. The topological polar surface area (TPSA) is 47.6 Å². The van der Waals surface area contributed by atoms with E-state index in [1.54, 1.807) is 0 Å². The molecular formula is C16H29NO3. The van der Waals surface area contributed by atoms with Gasteiger partial charge in [0.2, 0.25) is 5.91 Å². The van der Waals surface area contributed by atoms with Gasteiger partial charge in [-0.3, -0.25) is 4.79 Å². The molecule has 2 atom stereocenters. The molecule has 20 heavy (non-hydrogen) atoms. The van der Waals surface area contributed by atoms with Crippen LogP contribution >= 0.6 is 0 Å². The van der Waals surface area contributed by atoms with E-state index in [0.29, 0.717) is 13.2 Å². The Morgan fingerprint density at radius 2 is 1.60 bits per heavy atom. The van der Waals surface area contributed by atoms with Crippen molar-refractivity contribution in [1.29, 1.82) is 0 Å². The summed E-state index contributed by atoms with van der Waals surface area (Å²) in [4.78, 5) is 12.2. The van der Waals surface area contributed by atoms with Gasteiger partial charge in [0.15, 0.2) is 0 Å². The highest BCUT2D eigenvalue weighted by Crippen LogP contribution is 2.27. The second kappa shape index (κ2) is 9.35. The third kappa shape index (κ3) is 5.41. The van der Waals surface area contributed by atoms with Gasteiger partial charge in [-0.1, -0.05) is 32.1 Å². The maximum absolute atomic E-state index is 12.2. The van der Waals surface area contributed by atoms with Crippen molar-refractivity contribution in [2.75, 3.05) is 26.4 Å². The summed E-state index contributed by atoms with van der Waals surface area (Å²) >= 11 is 0. The summed E-state index contributed by atoms with van der Waals surface area (Å²) in [5.74, 6) is 0.210. The summed E-state index contributed by atoms with van der Waals surface area (Å²) in [6.07, 6.45) is 10.4. The van der Waals surface area contributed by atoms with Gasteiger partial charge < -0.3 is 14.8 Å². The molecule has 0 spiro atoms. The third-order valence-electron chi connectivity index (χ3n) is 4.35. The van der Waals surface area contributed by atoms with E-state index in [1.807, 2.05) is 0 Å². The molecule has 1 N–H and O–H groups in total. The first-order chi connectivity index (χ1) is 9.88. The number of carbonyl (C=O) groups excluding carboxylic acids is 1. The van der Waals surface area contributed by atoms with E-state index < -0.39 is 0 Å². The first-order valence-corrected chi connectivity index (χ1v) is 8.35. The van der Waals surface area contributed by atoms with Crippen LogP contribution in [-0.2, 0) is 14.3 Å². The normalized spacial score (nSPS) is 31.5. The molecule has 0 aromatic rings. The number of hydrogen-bond acceptors (Lipinski definition) is 3. The van der Waals surface area contributed by atoms with E-state index in [4.69, 9.17) is 9.47 Å². The highest BCUT2D eigenvalue weighted by atomic mass is 16.5. The van der Waals surface area contributed by atoms with Gasteiger partial charge in [0.25, 0.3) is 0 Å². The lowest BCUT2D eigenvalue weighted by molar-refractivity contribution is -0.132. The molecule has 4 heteroatoms. The molecule has 0 aromatic carbocycles. The molecule has 1 amide bonds. The van der Waals surface area contributed by atoms with E-state index >= 15 is 0 Å². The molecule has 1 aliphatic heterocycles. The van der Waals surface area contributed by atoms with Crippen molar-refractivity contribution >= 4 is 5.91 Å². The summed E-state index contributed by atoms with van der Waals surface area (Å²) in [5.41, 5.74) is 0. The van der Waals surface area contributed by atoms with Gasteiger partial charge >= 0.3 is 0 Å². The number of nitrogens with one attached hydrogen (secondary N) is 1. The summed E-state index contributed by atoms with van der Waals surface area (Å²) in [6.45, 7) is 2.88. The fourth-order valence-electron chi connectivity index (χ4n) is 3.15. The lowest BCUT2D eigenvalue weighted by Crippen LogP contribution is -2.41. The van der Waals surface area contributed by atoms with Crippen LogP contribution in [0.4, 0.5) is 0 Å². The minimum absolute atomic E-state index is 0.0499.